The van der Waals surface area contributed by atoms with Crippen LogP contribution in [-0.2, 0) is 35.8 Å². The van der Waals surface area contributed by atoms with E-state index in [9.17, 15) is 32.9 Å². The number of hydrogen-bond donors (Lipinski definition) is 3. The Morgan fingerprint density at radius 2 is 1.75 bits per heavy atom. The van der Waals surface area contributed by atoms with Crippen molar-refractivity contribution in [3.05, 3.63) is 111 Å². The molecule has 1 unspecified atom stereocenters. The molecule has 13 nitrogen and oxygen atoms in total. The van der Waals surface area contributed by atoms with Crippen LogP contribution in [0.1, 0.15) is 18.1 Å². The van der Waals surface area contributed by atoms with Crippen molar-refractivity contribution in [2.24, 2.45) is 0 Å². The molecule has 2 amide bonds. The summed E-state index contributed by atoms with van der Waals surface area (Å²) in [4.78, 5) is 50.0. The van der Waals surface area contributed by atoms with Gasteiger partial charge in [0.25, 0.3) is 21.7 Å². The minimum atomic E-state index is -4.02. The van der Waals surface area contributed by atoms with Crippen molar-refractivity contribution in [2.75, 3.05) is 17.6 Å². The number of amides is 2. The van der Waals surface area contributed by atoms with Crippen molar-refractivity contribution < 1.29 is 37.0 Å². The molecule has 4 aromatic rings. The Morgan fingerprint density at radius 3 is 2.40 bits per heavy atom. The molecule has 2 aliphatic heterocycles. The Labute approximate surface area is 283 Å². The second-order valence-corrected chi connectivity index (χ2v) is 14.5. The number of aryl methyl sites for hydroxylation is 1. The molecule has 0 aliphatic carbocycles. The zero-order valence-electron chi connectivity index (χ0n) is 25.6. The Hall–Kier alpha value is -4.77. The lowest BCUT2D eigenvalue weighted by Gasteiger charge is -2.49. The molecule has 0 spiro atoms. The van der Waals surface area contributed by atoms with Crippen LogP contribution < -0.4 is 10.6 Å². The highest BCUT2D eigenvalue weighted by atomic mass is 32.2. The second-order valence-electron chi connectivity index (χ2n) is 10.9. The lowest BCUT2D eigenvalue weighted by atomic mass is 10.0. The zero-order valence-corrected chi connectivity index (χ0v) is 28.1. The highest BCUT2D eigenvalue weighted by Crippen LogP contribution is 2.40. The summed E-state index contributed by atoms with van der Waals surface area (Å²) < 4.78 is 36.1. The fourth-order valence-corrected chi connectivity index (χ4v) is 7.60. The van der Waals surface area contributed by atoms with Gasteiger partial charge in [0, 0.05) is 22.6 Å². The molecule has 1 aromatic heterocycles. The number of benzene rings is 3. The van der Waals surface area contributed by atoms with E-state index in [1.165, 1.54) is 53.1 Å². The Bertz CT molecular complexity index is 1980. The predicted molar refractivity (Wildman–Crippen MR) is 182 cm³/mol. The number of rotatable bonds is 9. The van der Waals surface area contributed by atoms with Crippen LogP contribution in [0.4, 0.5) is 10.7 Å². The number of hydrogen-bond acceptors (Lipinski definition) is 11. The highest BCUT2D eigenvalue weighted by molar-refractivity contribution is 8.00. The molecule has 3 N–H and O–H groups in total. The van der Waals surface area contributed by atoms with E-state index in [0.29, 0.717) is 16.9 Å². The fourth-order valence-electron chi connectivity index (χ4n) is 4.86. The smallest absolute Gasteiger partial charge is 0.355 e. The third kappa shape index (κ3) is 8.02. The number of anilines is 1. The van der Waals surface area contributed by atoms with E-state index < -0.39 is 32.4 Å². The van der Waals surface area contributed by atoms with E-state index in [1.807, 2.05) is 37.3 Å². The van der Waals surface area contributed by atoms with E-state index in [0.717, 1.165) is 20.7 Å². The maximum absolute atomic E-state index is 12.9. The molecule has 0 radical (unpaired) electrons. The number of nitrogens with zero attached hydrogens (tertiary/aromatic N) is 2. The summed E-state index contributed by atoms with van der Waals surface area (Å²) in [6, 6.07) is 20.9. The average molecular weight is 711 g/mol. The first-order chi connectivity index (χ1) is 22.8. The highest BCUT2D eigenvalue weighted by Gasteiger charge is 2.54. The van der Waals surface area contributed by atoms with Gasteiger partial charge in [-0.25, -0.2) is 4.79 Å². The number of nitro groups is 1. The van der Waals surface area contributed by atoms with Crippen molar-refractivity contribution in [1.82, 2.24) is 10.2 Å². The monoisotopic (exact) mass is 710 g/mol. The number of thiophene rings is 1. The van der Waals surface area contributed by atoms with Gasteiger partial charge in [0.2, 0.25) is 5.91 Å². The summed E-state index contributed by atoms with van der Waals surface area (Å²) in [5.74, 6) is -0.813. The molecule has 0 saturated carbocycles. The van der Waals surface area contributed by atoms with Gasteiger partial charge in [0.1, 0.15) is 23.7 Å². The summed E-state index contributed by atoms with van der Waals surface area (Å²) in [5.41, 5.74) is 2.38. The molecule has 0 bridgehead atoms. The number of ether oxygens (including phenoxy) is 1. The Morgan fingerprint density at radius 1 is 1.06 bits per heavy atom. The Balaban J connectivity index is 0.000000349. The largest absolute Gasteiger partial charge is 0.456 e. The van der Waals surface area contributed by atoms with Crippen LogP contribution in [0.5, 0.6) is 0 Å². The maximum atomic E-state index is 12.9. The minimum absolute atomic E-state index is 0.0208. The van der Waals surface area contributed by atoms with Crippen LogP contribution in [-0.4, -0.2) is 64.3 Å². The minimum Gasteiger partial charge on any atom is -0.456 e. The van der Waals surface area contributed by atoms with Gasteiger partial charge in [0.05, 0.1) is 21.4 Å². The third-order valence-electron chi connectivity index (χ3n) is 7.35. The predicted octanol–water partition coefficient (Wildman–Crippen LogP) is 4.88. The standard InChI is InChI=1S/C25H22N4O6S2.C7H8O3S/c1-14-13-36-24-21(27-19(30)11-26-20-10-16-4-2-3-5-18(16)37-20)23(31)28(24)22(14)25(32)35-12-15-6-8-17(9-7-15)29(33)34;1-6-2-4-7(5-3-6)11(8,9)10/h2-10,21,24,26H,11-13H2,1H3,(H,27,30);2-5H,1H3,(H,8,9,10)/t21?,24-;/m1./s1. The molecular formula is C32H30N4O9S3. The summed E-state index contributed by atoms with van der Waals surface area (Å²) in [6.45, 7) is 3.54. The molecule has 48 heavy (non-hydrogen) atoms. The van der Waals surface area contributed by atoms with Crippen molar-refractivity contribution in [2.45, 2.75) is 36.8 Å². The first-order valence-corrected chi connectivity index (χ1v) is 17.7. The van der Waals surface area contributed by atoms with Crippen LogP contribution in [0.15, 0.2) is 95.0 Å². The lowest BCUT2D eigenvalue weighted by molar-refractivity contribution is -0.384. The van der Waals surface area contributed by atoms with Gasteiger partial charge < -0.3 is 15.4 Å². The van der Waals surface area contributed by atoms with Gasteiger partial charge in [-0.3, -0.25) is 29.2 Å². The second kappa shape index (κ2) is 14.6. The molecular weight excluding hydrogens is 681 g/mol. The van der Waals surface area contributed by atoms with Gasteiger partial charge >= 0.3 is 5.97 Å². The van der Waals surface area contributed by atoms with Gasteiger partial charge in [-0.05, 0) is 66.8 Å². The van der Waals surface area contributed by atoms with Crippen LogP contribution in [0.25, 0.3) is 10.1 Å². The Kier molecular flexibility index (Phi) is 10.5. The van der Waals surface area contributed by atoms with Gasteiger partial charge in [-0.1, -0.05) is 35.9 Å². The molecule has 3 aromatic carbocycles. The van der Waals surface area contributed by atoms with Crippen molar-refractivity contribution in [1.29, 1.82) is 0 Å². The first-order valence-electron chi connectivity index (χ1n) is 14.4. The summed E-state index contributed by atoms with van der Waals surface area (Å²) in [7, 11) is -4.02. The molecule has 6 rings (SSSR count). The van der Waals surface area contributed by atoms with Crippen molar-refractivity contribution >= 4 is 71.8 Å². The number of fused-ring (bicyclic) bond motifs is 2. The number of carbonyl (C=O) groups is 3. The molecule has 2 aliphatic rings. The number of thioether (sulfide) groups is 1. The van der Waals surface area contributed by atoms with Crippen LogP contribution in [0.3, 0.4) is 0 Å². The lowest BCUT2D eigenvalue weighted by Crippen LogP contribution is -2.70. The van der Waals surface area contributed by atoms with Crippen molar-refractivity contribution in [3.8, 4) is 0 Å². The van der Waals surface area contributed by atoms with E-state index in [-0.39, 0.29) is 41.2 Å². The summed E-state index contributed by atoms with van der Waals surface area (Å²) in [6.07, 6.45) is 0. The number of esters is 1. The number of β-lactam (4-membered cyclic amide) rings is 1. The molecule has 1 fully saturated rings. The molecule has 250 valence electrons. The molecule has 2 atom stereocenters. The molecule has 1 saturated heterocycles. The van der Waals surface area contributed by atoms with E-state index in [1.54, 1.807) is 30.4 Å². The van der Waals surface area contributed by atoms with E-state index >= 15 is 0 Å². The average Bonchev–Trinajstić information content (AvgIpc) is 3.48. The number of nitro benzene ring substituents is 1. The molecule has 3 heterocycles. The van der Waals surface area contributed by atoms with Gasteiger partial charge in [0.15, 0.2) is 0 Å². The van der Waals surface area contributed by atoms with Crippen LogP contribution >= 0.6 is 23.1 Å². The first kappa shape index (κ1) is 34.6. The zero-order chi connectivity index (χ0) is 34.6. The summed E-state index contributed by atoms with van der Waals surface area (Å²) in [5, 5.41) is 18.2. The van der Waals surface area contributed by atoms with Crippen LogP contribution in [0.2, 0.25) is 0 Å². The normalized spacial score (nSPS) is 17.1. The SMILES string of the molecule is CC1=C(C(=O)OCc2ccc([N+](=O)[O-])cc2)N2C(=O)C(NC(=O)CNc3cc4ccccc4s3)[C@H]2SC1.Cc1ccc(S(=O)(=O)O)cc1. The van der Waals surface area contributed by atoms with E-state index in [2.05, 4.69) is 10.6 Å². The number of carbonyl (C=O) groups excluding carboxylic acids is 3. The molecule has 16 heteroatoms. The fraction of sp³-hybridized carbons (Fsp3) is 0.219. The topological polar surface area (TPSA) is 185 Å². The van der Waals surface area contributed by atoms with E-state index in [4.69, 9.17) is 9.29 Å². The quantitative estimate of drug-likeness (QED) is 0.0707. The third-order valence-corrected chi connectivity index (χ3v) is 10.7. The number of nitrogens with one attached hydrogen (secondary N) is 2. The van der Waals surface area contributed by atoms with Gasteiger partial charge in [-0.15, -0.1) is 23.1 Å². The maximum Gasteiger partial charge on any atom is 0.355 e. The van der Waals surface area contributed by atoms with Gasteiger partial charge in [-0.2, -0.15) is 8.42 Å². The summed E-state index contributed by atoms with van der Waals surface area (Å²) >= 11 is 3.02. The van der Waals surface area contributed by atoms with Crippen molar-refractivity contribution in [3.63, 3.8) is 0 Å². The van der Waals surface area contributed by atoms with Crippen LogP contribution in [0, 0.1) is 17.0 Å². The number of non-ortho nitro benzene ring substituents is 1.